The minimum Gasteiger partial charge on any atom is -0.506 e. The molecule has 2 aromatic carbocycles. The number of imidazole rings is 1. The molecule has 11 heteroatoms. The first kappa shape index (κ1) is 24.9. The fraction of sp³-hybridized carbons (Fsp3) is 0.310. The van der Waals surface area contributed by atoms with Gasteiger partial charge in [-0.1, -0.05) is 12.6 Å². The molecule has 4 N–H and O–H groups in total. The fourth-order valence-electron chi connectivity index (χ4n) is 6.22. The zero-order valence-electron chi connectivity index (χ0n) is 21.7. The number of H-pyrrole nitrogens is 1. The molecule has 2 amide bonds. The Morgan fingerprint density at radius 3 is 2.77 bits per heavy atom. The van der Waals surface area contributed by atoms with E-state index in [-0.39, 0.29) is 17.6 Å². The van der Waals surface area contributed by atoms with Crippen LogP contribution in [0.1, 0.15) is 57.7 Å². The van der Waals surface area contributed by atoms with E-state index in [1.165, 1.54) is 6.08 Å². The Labute approximate surface area is 238 Å². The van der Waals surface area contributed by atoms with E-state index in [4.69, 9.17) is 10.8 Å². The molecule has 1 fully saturated rings. The van der Waals surface area contributed by atoms with Crippen LogP contribution in [-0.4, -0.2) is 66.1 Å². The van der Waals surface area contributed by atoms with E-state index in [9.17, 15) is 14.7 Å². The van der Waals surface area contributed by atoms with Gasteiger partial charge >= 0.3 is 0 Å². The lowest BCUT2D eigenvalue weighted by molar-refractivity contribution is -0.126. The minimum atomic E-state index is -0.444. The van der Waals surface area contributed by atoms with Crippen LogP contribution in [0.5, 0.6) is 5.75 Å². The molecule has 0 bridgehead atoms. The molecular formula is C29H28BrN7O3. The quantitative estimate of drug-likeness (QED) is 0.239. The highest BCUT2D eigenvalue weighted by atomic mass is 79.9. The number of hydrogen-bond acceptors (Lipinski definition) is 6. The number of anilines is 1. The second kappa shape index (κ2) is 9.22. The maximum atomic E-state index is 14.2. The van der Waals surface area contributed by atoms with Crippen molar-refractivity contribution in [1.29, 1.82) is 0 Å². The average Bonchev–Trinajstić information content (AvgIpc) is 3.61. The van der Waals surface area contributed by atoms with Gasteiger partial charge in [0.2, 0.25) is 5.91 Å². The van der Waals surface area contributed by atoms with Crippen LogP contribution in [0, 0.1) is 0 Å². The lowest BCUT2D eigenvalue weighted by Gasteiger charge is -2.38. The highest BCUT2D eigenvalue weighted by Gasteiger charge is 2.41. The molecule has 40 heavy (non-hydrogen) atoms. The molecule has 2 aromatic heterocycles. The highest BCUT2D eigenvalue weighted by molar-refractivity contribution is 9.10. The normalized spacial score (nSPS) is 18.5. The standard InChI is InChI=1S/C29H28BrN7O3/c1-2-24(39)35-9-7-19-26-21(37(34-19)20-6-5-16(11-23(20)38)15-3-4-15)8-10-36(22(26)13-35)29(40)25-18(31)12-17(30)27-28(25)33-14-32-27/h2,5-6,11-12,14-15,22,38H,1,3-4,7-10,13,31H2,(H,32,33)/t22-/m0/s1. The number of aromatic amines is 1. The Morgan fingerprint density at radius 1 is 1.20 bits per heavy atom. The molecule has 4 heterocycles. The summed E-state index contributed by atoms with van der Waals surface area (Å²) in [6.45, 7) is 4.82. The molecule has 2 aliphatic heterocycles. The first-order chi connectivity index (χ1) is 19.4. The molecule has 3 aliphatic rings. The third-order valence-electron chi connectivity index (χ3n) is 8.33. The summed E-state index contributed by atoms with van der Waals surface area (Å²) in [7, 11) is 0. The van der Waals surface area contributed by atoms with Crippen molar-refractivity contribution in [2.24, 2.45) is 0 Å². The van der Waals surface area contributed by atoms with E-state index in [1.807, 2.05) is 16.8 Å². The second-order valence-electron chi connectivity index (χ2n) is 10.7. The molecule has 1 saturated carbocycles. The number of aromatic nitrogens is 4. The molecule has 1 atom stereocenters. The van der Waals surface area contributed by atoms with Crippen molar-refractivity contribution in [3.05, 3.63) is 75.8 Å². The van der Waals surface area contributed by atoms with Crippen molar-refractivity contribution < 1.29 is 14.7 Å². The molecule has 7 rings (SSSR count). The van der Waals surface area contributed by atoms with Gasteiger partial charge in [-0.15, -0.1) is 0 Å². The van der Waals surface area contributed by atoms with Gasteiger partial charge < -0.3 is 25.6 Å². The predicted octanol–water partition coefficient (Wildman–Crippen LogP) is 3.99. The topological polar surface area (TPSA) is 133 Å². The van der Waals surface area contributed by atoms with Crippen molar-refractivity contribution in [2.75, 3.05) is 25.4 Å². The monoisotopic (exact) mass is 601 g/mol. The summed E-state index contributed by atoms with van der Waals surface area (Å²) in [5.41, 5.74) is 12.7. The van der Waals surface area contributed by atoms with Crippen LogP contribution in [0.3, 0.4) is 0 Å². The van der Waals surface area contributed by atoms with Crippen LogP contribution < -0.4 is 5.73 Å². The third kappa shape index (κ3) is 3.82. The molecular weight excluding hydrogens is 574 g/mol. The van der Waals surface area contributed by atoms with Crippen LogP contribution in [-0.2, 0) is 17.6 Å². The van der Waals surface area contributed by atoms with E-state index in [0.29, 0.717) is 70.8 Å². The van der Waals surface area contributed by atoms with Crippen LogP contribution >= 0.6 is 15.9 Å². The summed E-state index contributed by atoms with van der Waals surface area (Å²) in [5, 5.41) is 16.0. The lowest BCUT2D eigenvalue weighted by Crippen LogP contribution is -2.46. The summed E-state index contributed by atoms with van der Waals surface area (Å²) in [6.07, 6.45) is 6.21. The molecule has 0 spiro atoms. The maximum Gasteiger partial charge on any atom is 0.258 e. The van der Waals surface area contributed by atoms with Crippen LogP contribution in [0.25, 0.3) is 16.7 Å². The fourth-order valence-corrected chi connectivity index (χ4v) is 6.76. The number of halogens is 1. The average molecular weight is 602 g/mol. The number of benzene rings is 2. The van der Waals surface area contributed by atoms with Crippen molar-refractivity contribution >= 4 is 44.5 Å². The van der Waals surface area contributed by atoms with Gasteiger partial charge in [-0.25, -0.2) is 9.67 Å². The predicted molar refractivity (Wildman–Crippen MR) is 153 cm³/mol. The van der Waals surface area contributed by atoms with Gasteiger partial charge in [-0.2, -0.15) is 5.10 Å². The number of nitrogens with two attached hydrogens (primary N) is 1. The van der Waals surface area contributed by atoms with E-state index in [2.05, 4.69) is 38.5 Å². The first-order valence-electron chi connectivity index (χ1n) is 13.4. The molecule has 10 nitrogen and oxygen atoms in total. The Hall–Kier alpha value is -4.12. The smallest absolute Gasteiger partial charge is 0.258 e. The molecule has 1 aliphatic carbocycles. The zero-order valence-corrected chi connectivity index (χ0v) is 23.3. The minimum absolute atomic E-state index is 0.190. The zero-order chi connectivity index (χ0) is 27.7. The van der Waals surface area contributed by atoms with Gasteiger partial charge in [0.1, 0.15) is 17.0 Å². The number of phenolic OH excluding ortho intramolecular Hbond substituents is 1. The highest BCUT2D eigenvalue weighted by Crippen LogP contribution is 2.43. The lowest BCUT2D eigenvalue weighted by atomic mass is 9.94. The van der Waals surface area contributed by atoms with Crippen molar-refractivity contribution in [3.8, 4) is 11.4 Å². The van der Waals surface area contributed by atoms with Crippen molar-refractivity contribution in [2.45, 2.75) is 37.6 Å². The number of carbonyl (C=O) groups excluding carboxylic acids is 2. The molecule has 204 valence electrons. The number of nitrogen functional groups attached to an aromatic ring is 1. The number of hydrogen-bond donors (Lipinski definition) is 3. The van der Waals surface area contributed by atoms with Gasteiger partial charge in [-0.3, -0.25) is 9.59 Å². The van der Waals surface area contributed by atoms with Crippen molar-refractivity contribution in [3.63, 3.8) is 0 Å². The number of aromatic hydroxyl groups is 1. The number of amides is 2. The SMILES string of the molecule is C=CC(=O)N1CCc2nn(-c3ccc(C4CC4)cc3O)c3c2[C@H](C1)N(C(=O)c1c(N)cc(Br)c2nc[nH]c12)CC3. The van der Waals surface area contributed by atoms with Gasteiger partial charge in [0.05, 0.1) is 34.8 Å². The number of fused-ring (bicyclic) bond motifs is 1. The van der Waals surface area contributed by atoms with Crippen molar-refractivity contribution in [1.82, 2.24) is 29.5 Å². The maximum absolute atomic E-state index is 14.2. The number of phenols is 1. The summed E-state index contributed by atoms with van der Waals surface area (Å²) in [4.78, 5) is 37.9. The second-order valence-corrected chi connectivity index (χ2v) is 11.5. The Balaban J connectivity index is 1.34. The number of nitrogens with zero attached hydrogens (tertiary/aromatic N) is 5. The van der Waals surface area contributed by atoms with Crippen LogP contribution in [0.4, 0.5) is 5.69 Å². The van der Waals surface area contributed by atoms with E-state index < -0.39 is 6.04 Å². The summed E-state index contributed by atoms with van der Waals surface area (Å²) < 4.78 is 2.53. The van der Waals surface area contributed by atoms with E-state index in [0.717, 1.165) is 35.4 Å². The van der Waals surface area contributed by atoms with E-state index >= 15 is 0 Å². The Bertz CT molecular complexity index is 1720. The third-order valence-corrected chi connectivity index (χ3v) is 8.94. The number of rotatable bonds is 4. The Morgan fingerprint density at radius 2 is 2.02 bits per heavy atom. The summed E-state index contributed by atoms with van der Waals surface area (Å²) >= 11 is 3.49. The number of nitrogens with one attached hydrogen (secondary N) is 1. The molecule has 0 saturated heterocycles. The van der Waals surface area contributed by atoms with Crippen LogP contribution in [0.2, 0.25) is 0 Å². The van der Waals surface area contributed by atoms with Crippen LogP contribution in [0.15, 0.2) is 47.7 Å². The summed E-state index contributed by atoms with van der Waals surface area (Å²) in [5.74, 6) is 0.293. The number of carbonyl (C=O) groups is 2. The van der Waals surface area contributed by atoms with Gasteiger partial charge in [0, 0.05) is 48.2 Å². The summed E-state index contributed by atoms with van der Waals surface area (Å²) in [6, 6.07) is 7.10. The Kier molecular flexibility index (Phi) is 5.74. The van der Waals surface area contributed by atoms with Gasteiger partial charge in [0.15, 0.2) is 0 Å². The first-order valence-corrected chi connectivity index (χ1v) is 14.2. The molecule has 4 aromatic rings. The van der Waals surface area contributed by atoms with Gasteiger partial charge in [0.25, 0.3) is 5.91 Å². The largest absolute Gasteiger partial charge is 0.506 e. The molecule has 0 unspecified atom stereocenters. The van der Waals surface area contributed by atoms with E-state index in [1.54, 1.807) is 22.2 Å². The molecule has 0 radical (unpaired) electrons. The van der Waals surface area contributed by atoms with Gasteiger partial charge in [-0.05, 0) is 64.5 Å².